The fraction of sp³-hybridized carbons (Fsp3) is 0.294. The number of anilines is 1. The van der Waals surface area contributed by atoms with Crippen molar-refractivity contribution in [2.45, 2.75) is 11.4 Å². The van der Waals surface area contributed by atoms with E-state index < -0.39 is 0 Å². The van der Waals surface area contributed by atoms with Crippen LogP contribution in [0, 0.1) is 5.82 Å². The molecule has 2 aromatic rings. The Balaban J connectivity index is 1.72. The summed E-state index contributed by atoms with van der Waals surface area (Å²) in [4.78, 5) is 3.10. The molecule has 0 amide bonds. The van der Waals surface area contributed by atoms with Crippen LogP contribution in [0.1, 0.15) is 5.56 Å². The Bertz CT molecular complexity index is 711. The number of benzene rings is 2. The van der Waals surface area contributed by atoms with E-state index in [0.29, 0.717) is 35.4 Å². The molecule has 0 spiro atoms. The maximum Gasteiger partial charge on any atom is 0.129 e. The molecule has 0 saturated carbocycles. The summed E-state index contributed by atoms with van der Waals surface area (Å²) < 4.78 is 22.9. The second-order valence-corrected chi connectivity index (χ2v) is 7.13. The van der Waals surface area contributed by atoms with E-state index in [9.17, 15) is 4.39 Å². The van der Waals surface area contributed by atoms with Crippen LogP contribution in [0.15, 0.2) is 41.3 Å². The van der Waals surface area contributed by atoms with Crippen LogP contribution in [0.25, 0.3) is 0 Å². The van der Waals surface area contributed by atoms with E-state index in [1.165, 1.54) is 18.0 Å². The first-order chi connectivity index (χ1) is 11.6. The molecule has 1 aliphatic rings. The summed E-state index contributed by atoms with van der Waals surface area (Å²) in [5, 5.41) is 1.01. The highest BCUT2D eigenvalue weighted by atomic mass is 35.5. The zero-order valence-electron chi connectivity index (χ0n) is 12.9. The lowest BCUT2D eigenvalue weighted by Crippen LogP contribution is -2.36. The van der Waals surface area contributed by atoms with Crippen molar-refractivity contribution in [2.75, 3.05) is 31.0 Å². The Labute approximate surface area is 155 Å². The third-order valence-electron chi connectivity index (χ3n) is 3.77. The van der Waals surface area contributed by atoms with Crippen LogP contribution in [0.4, 0.5) is 10.1 Å². The maximum absolute atomic E-state index is 14.3. The first-order valence-corrected chi connectivity index (χ1v) is 9.16. The van der Waals surface area contributed by atoms with Crippen molar-refractivity contribution >= 4 is 40.8 Å². The van der Waals surface area contributed by atoms with Crippen molar-refractivity contribution < 1.29 is 9.13 Å². The number of ether oxygens (including phenoxy) is 1. The molecule has 0 atom stereocenters. The lowest BCUT2D eigenvalue weighted by atomic mass is 10.1. The topological polar surface area (TPSA) is 24.5 Å². The van der Waals surface area contributed by atoms with Crippen molar-refractivity contribution in [2.24, 2.45) is 0 Å². The van der Waals surface area contributed by atoms with Gasteiger partial charge in [-0.15, -0.1) is 0 Å². The van der Waals surface area contributed by atoms with Crippen LogP contribution >= 0.6 is 35.1 Å². The normalized spacial score (nSPS) is 15.5. The zero-order chi connectivity index (χ0) is 16.9. The first-order valence-electron chi connectivity index (χ1n) is 7.59. The minimum Gasteiger partial charge on any atom is -0.379 e. The number of rotatable bonds is 5. The molecule has 2 aromatic carbocycles. The predicted molar refractivity (Wildman–Crippen MR) is 98.4 cm³/mol. The molecule has 0 bridgehead atoms. The van der Waals surface area contributed by atoms with Gasteiger partial charge in [-0.25, -0.2) is 4.39 Å². The molecule has 1 N–H and O–H groups in total. The SMILES string of the molecule is Fc1cccc(NSc2ccc(Cl)c(Cl)c2)c1CN1CCOCC1. The van der Waals surface area contributed by atoms with Gasteiger partial charge < -0.3 is 9.46 Å². The van der Waals surface area contributed by atoms with Gasteiger partial charge in [-0.05, 0) is 42.3 Å². The van der Waals surface area contributed by atoms with Gasteiger partial charge in [0.1, 0.15) is 5.82 Å². The van der Waals surface area contributed by atoms with Gasteiger partial charge in [-0.1, -0.05) is 29.3 Å². The number of hydrogen-bond donors (Lipinski definition) is 1. The molecule has 7 heteroatoms. The number of hydrogen-bond acceptors (Lipinski definition) is 4. The van der Waals surface area contributed by atoms with Crippen LogP contribution in [0.2, 0.25) is 10.0 Å². The van der Waals surface area contributed by atoms with Gasteiger partial charge in [0.2, 0.25) is 0 Å². The number of nitrogens with one attached hydrogen (secondary N) is 1. The van der Waals surface area contributed by atoms with Gasteiger partial charge in [0, 0.05) is 30.1 Å². The molecular formula is C17H17Cl2FN2OS. The van der Waals surface area contributed by atoms with Gasteiger partial charge in [0.25, 0.3) is 0 Å². The summed E-state index contributed by atoms with van der Waals surface area (Å²) >= 11 is 13.3. The molecule has 3 nitrogen and oxygen atoms in total. The Morgan fingerprint density at radius 2 is 1.92 bits per heavy atom. The molecule has 128 valence electrons. The first kappa shape index (κ1) is 17.8. The highest BCUT2D eigenvalue weighted by Gasteiger charge is 2.16. The fourth-order valence-corrected chi connectivity index (χ4v) is 3.55. The molecule has 0 aromatic heterocycles. The van der Waals surface area contributed by atoms with Crippen LogP contribution < -0.4 is 4.72 Å². The third-order valence-corrected chi connectivity index (χ3v) is 5.32. The van der Waals surface area contributed by atoms with Crippen LogP contribution in [0.5, 0.6) is 0 Å². The van der Waals surface area contributed by atoms with Gasteiger partial charge in [-0.2, -0.15) is 0 Å². The van der Waals surface area contributed by atoms with Gasteiger partial charge in [0.05, 0.1) is 28.9 Å². The predicted octanol–water partition coefficient (Wildman–Crippen LogP) is 5.08. The smallest absolute Gasteiger partial charge is 0.129 e. The van der Waals surface area contributed by atoms with E-state index in [-0.39, 0.29) is 5.82 Å². The summed E-state index contributed by atoms with van der Waals surface area (Å²) in [5.41, 5.74) is 1.42. The van der Waals surface area contributed by atoms with E-state index in [4.69, 9.17) is 27.9 Å². The molecular weight excluding hydrogens is 370 g/mol. The number of halogens is 3. The summed E-state index contributed by atoms with van der Waals surface area (Å²) in [6.07, 6.45) is 0. The lowest BCUT2D eigenvalue weighted by molar-refractivity contribution is 0.0338. The largest absolute Gasteiger partial charge is 0.379 e. The summed E-state index contributed by atoms with van der Waals surface area (Å²) in [6, 6.07) is 10.5. The minimum atomic E-state index is -0.207. The Hall–Kier alpha value is -0.980. The van der Waals surface area contributed by atoms with E-state index >= 15 is 0 Å². The van der Waals surface area contributed by atoms with E-state index in [0.717, 1.165) is 23.7 Å². The number of morpholine rings is 1. The van der Waals surface area contributed by atoms with Crippen molar-refractivity contribution in [3.8, 4) is 0 Å². The highest BCUT2D eigenvalue weighted by Crippen LogP contribution is 2.30. The van der Waals surface area contributed by atoms with Crippen LogP contribution in [-0.2, 0) is 11.3 Å². The monoisotopic (exact) mass is 386 g/mol. The average Bonchev–Trinajstić information content (AvgIpc) is 2.59. The number of nitrogens with zero attached hydrogens (tertiary/aromatic N) is 1. The summed E-state index contributed by atoms with van der Waals surface area (Å²) in [7, 11) is 0. The van der Waals surface area contributed by atoms with Crippen LogP contribution in [-0.4, -0.2) is 31.2 Å². The van der Waals surface area contributed by atoms with Crippen molar-refractivity contribution in [1.82, 2.24) is 4.90 Å². The van der Waals surface area contributed by atoms with Gasteiger partial charge in [0.15, 0.2) is 0 Å². The second kappa shape index (κ2) is 8.41. The molecule has 0 unspecified atom stereocenters. The van der Waals surface area contributed by atoms with E-state index in [1.54, 1.807) is 18.2 Å². The molecule has 1 aliphatic heterocycles. The molecule has 1 saturated heterocycles. The quantitative estimate of drug-likeness (QED) is 0.723. The van der Waals surface area contributed by atoms with Crippen molar-refractivity contribution in [3.63, 3.8) is 0 Å². The minimum absolute atomic E-state index is 0.207. The van der Waals surface area contributed by atoms with Gasteiger partial charge >= 0.3 is 0 Å². The van der Waals surface area contributed by atoms with E-state index in [1.807, 2.05) is 12.1 Å². The summed E-state index contributed by atoms with van der Waals surface area (Å²) in [6.45, 7) is 3.56. The zero-order valence-corrected chi connectivity index (χ0v) is 15.2. The molecule has 1 heterocycles. The third kappa shape index (κ3) is 4.55. The fourth-order valence-electron chi connectivity index (χ4n) is 2.45. The van der Waals surface area contributed by atoms with Gasteiger partial charge in [-0.3, -0.25) is 4.90 Å². The molecule has 1 fully saturated rings. The maximum atomic E-state index is 14.3. The molecule has 24 heavy (non-hydrogen) atoms. The molecule has 3 rings (SSSR count). The lowest BCUT2D eigenvalue weighted by Gasteiger charge is -2.27. The van der Waals surface area contributed by atoms with E-state index in [2.05, 4.69) is 9.62 Å². The molecule has 0 radical (unpaired) electrons. The Morgan fingerprint density at radius 3 is 2.67 bits per heavy atom. The average molecular weight is 387 g/mol. The van der Waals surface area contributed by atoms with Crippen LogP contribution in [0.3, 0.4) is 0 Å². The second-order valence-electron chi connectivity index (χ2n) is 5.43. The standard InChI is InChI=1S/C17H17Cl2FN2OS/c18-14-5-4-12(10-15(14)19)24-21-17-3-1-2-16(20)13(17)11-22-6-8-23-9-7-22/h1-5,10,21H,6-9,11H2. The highest BCUT2D eigenvalue weighted by molar-refractivity contribution is 8.00. The Kier molecular flexibility index (Phi) is 6.25. The molecule has 0 aliphatic carbocycles. The summed E-state index contributed by atoms with van der Waals surface area (Å²) in [5.74, 6) is -0.207. The van der Waals surface area contributed by atoms with Crippen molar-refractivity contribution in [3.05, 3.63) is 57.8 Å². The van der Waals surface area contributed by atoms with Crippen molar-refractivity contribution in [1.29, 1.82) is 0 Å². The Morgan fingerprint density at radius 1 is 1.12 bits per heavy atom.